The smallest absolute Gasteiger partial charge is 0.248 e. The van der Waals surface area contributed by atoms with Crippen molar-refractivity contribution in [2.75, 3.05) is 4.90 Å². The van der Waals surface area contributed by atoms with Crippen LogP contribution >= 0.6 is 0 Å². The van der Waals surface area contributed by atoms with E-state index in [0.29, 0.717) is 17.1 Å². The molecular formula is C27H25N5O2. The molecule has 3 aliphatic heterocycles. The Labute approximate surface area is 198 Å². The molecular weight excluding hydrogens is 426 g/mol. The van der Waals surface area contributed by atoms with Crippen LogP contribution in [0.2, 0.25) is 0 Å². The summed E-state index contributed by atoms with van der Waals surface area (Å²) in [4.78, 5) is 16.5. The van der Waals surface area contributed by atoms with Gasteiger partial charge >= 0.3 is 0 Å². The number of hydrogen-bond donors (Lipinski definition) is 1. The fourth-order valence-corrected chi connectivity index (χ4v) is 6.29. The van der Waals surface area contributed by atoms with Crippen molar-refractivity contribution in [3.8, 4) is 17.6 Å². The number of amides is 1. The van der Waals surface area contributed by atoms with Gasteiger partial charge < -0.3 is 15.4 Å². The number of aromatic nitrogens is 2. The molecule has 0 unspecified atom stereocenters. The maximum Gasteiger partial charge on any atom is 0.248 e. The summed E-state index contributed by atoms with van der Waals surface area (Å²) in [6, 6.07) is 17.8. The lowest BCUT2D eigenvalue weighted by Gasteiger charge is -2.44. The van der Waals surface area contributed by atoms with E-state index < -0.39 is 11.0 Å². The predicted molar refractivity (Wildman–Crippen MR) is 128 cm³/mol. The third-order valence-corrected chi connectivity index (χ3v) is 7.49. The first kappa shape index (κ1) is 20.5. The molecule has 2 atom stereocenters. The number of nitrogens with two attached hydrogens (primary N) is 1. The van der Waals surface area contributed by atoms with Gasteiger partial charge in [0.05, 0.1) is 22.6 Å². The Morgan fingerprint density at radius 2 is 1.91 bits per heavy atom. The van der Waals surface area contributed by atoms with Gasteiger partial charge in [0.2, 0.25) is 17.7 Å². The number of nitrogens with zero attached hydrogens (tertiary/aromatic N) is 4. The summed E-state index contributed by atoms with van der Waals surface area (Å²) >= 11 is 0. The van der Waals surface area contributed by atoms with Crippen LogP contribution in [-0.2, 0) is 10.2 Å². The minimum absolute atomic E-state index is 0.0660. The highest BCUT2D eigenvalue weighted by atomic mass is 16.5. The second kappa shape index (κ2) is 6.51. The number of rotatable bonds is 1. The highest BCUT2D eigenvalue weighted by Gasteiger charge is 2.64. The lowest BCUT2D eigenvalue weighted by Crippen LogP contribution is -2.54. The number of ether oxygens (including phenoxy) is 1. The second-order valence-corrected chi connectivity index (χ2v) is 10.0. The van der Waals surface area contributed by atoms with E-state index in [0.717, 1.165) is 28.9 Å². The van der Waals surface area contributed by atoms with Crippen molar-refractivity contribution < 1.29 is 9.53 Å². The van der Waals surface area contributed by atoms with Crippen LogP contribution in [0.15, 0.2) is 60.0 Å². The number of carbonyl (C=O) groups excluding carboxylic acids is 1. The van der Waals surface area contributed by atoms with Gasteiger partial charge in [-0.3, -0.25) is 4.79 Å². The van der Waals surface area contributed by atoms with E-state index >= 15 is 0 Å². The molecule has 6 rings (SSSR count). The summed E-state index contributed by atoms with van der Waals surface area (Å²) in [6.45, 7) is 8.21. The Balaban J connectivity index is 1.75. The molecule has 4 heterocycles. The first-order valence-electron chi connectivity index (χ1n) is 11.4. The average Bonchev–Trinajstić information content (AvgIpc) is 3.26. The Bertz CT molecular complexity index is 1460. The summed E-state index contributed by atoms with van der Waals surface area (Å²) in [5, 5.41) is 15.1. The van der Waals surface area contributed by atoms with Crippen molar-refractivity contribution in [3.63, 3.8) is 0 Å². The monoisotopic (exact) mass is 451 g/mol. The lowest BCUT2D eigenvalue weighted by atomic mass is 9.68. The van der Waals surface area contributed by atoms with E-state index in [1.54, 1.807) is 4.68 Å². The Morgan fingerprint density at radius 1 is 1.18 bits per heavy atom. The largest absolute Gasteiger partial charge is 0.422 e. The average molecular weight is 452 g/mol. The summed E-state index contributed by atoms with van der Waals surface area (Å²) in [5.41, 5.74) is 9.43. The summed E-state index contributed by atoms with van der Waals surface area (Å²) < 4.78 is 7.71. The van der Waals surface area contributed by atoms with Gasteiger partial charge in [-0.05, 0) is 50.8 Å². The molecule has 0 aliphatic carbocycles. The highest BCUT2D eigenvalue weighted by molar-refractivity contribution is 6.16. The van der Waals surface area contributed by atoms with Crippen molar-refractivity contribution in [1.82, 2.24) is 9.78 Å². The summed E-state index contributed by atoms with van der Waals surface area (Å²) in [6.07, 6.45) is 0.817. The van der Waals surface area contributed by atoms with Gasteiger partial charge in [-0.1, -0.05) is 43.3 Å². The number of aryl methyl sites for hydroxylation is 1. The van der Waals surface area contributed by atoms with E-state index in [4.69, 9.17) is 15.6 Å². The Morgan fingerprint density at radius 3 is 2.62 bits per heavy atom. The van der Waals surface area contributed by atoms with Crippen molar-refractivity contribution in [2.24, 2.45) is 5.73 Å². The van der Waals surface area contributed by atoms with Crippen LogP contribution in [0.1, 0.15) is 55.5 Å². The van der Waals surface area contributed by atoms with E-state index in [2.05, 4.69) is 32.9 Å². The molecule has 7 nitrogen and oxygen atoms in total. The predicted octanol–water partition coefficient (Wildman–Crippen LogP) is 4.19. The topological polar surface area (TPSA) is 97.2 Å². The lowest BCUT2D eigenvalue weighted by molar-refractivity contribution is -0.122. The van der Waals surface area contributed by atoms with Crippen molar-refractivity contribution in [3.05, 3.63) is 82.4 Å². The van der Waals surface area contributed by atoms with Crippen LogP contribution in [0.3, 0.4) is 0 Å². The first-order chi connectivity index (χ1) is 16.2. The van der Waals surface area contributed by atoms with Crippen LogP contribution in [0, 0.1) is 18.3 Å². The molecule has 0 saturated carbocycles. The van der Waals surface area contributed by atoms with E-state index in [9.17, 15) is 10.1 Å². The zero-order valence-electron chi connectivity index (χ0n) is 19.6. The van der Waals surface area contributed by atoms with Gasteiger partial charge in [0.1, 0.15) is 17.1 Å². The van der Waals surface area contributed by atoms with Gasteiger partial charge in [0.15, 0.2) is 0 Å². The Kier molecular flexibility index (Phi) is 3.93. The quantitative estimate of drug-likeness (QED) is 0.598. The molecule has 2 aromatic carbocycles. The standard InChI is InChI=1S/C27H25N5O2/c1-15-13-26(3,4)31-22-18(15)11-8-12-19(22)27(25(31)33)20(14-28)23(29)34-24-21(27)16(2)30-32(24)17-9-6-5-7-10-17/h5-12,15H,13,29H2,1-4H3/t15-,27-/m0/s1. The summed E-state index contributed by atoms with van der Waals surface area (Å²) in [5.74, 6) is 0.399. The fourth-order valence-electron chi connectivity index (χ4n) is 6.29. The van der Waals surface area contributed by atoms with Gasteiger partial charge in [-0.15, -0.1) is 0 Å². The second-order valence-electron chi connectivity index (χ2n) is 10.0. The molecule has 0 fully saturated rings. The number of carbonyl (C=O) groups is 1. The molecule has 0 saturated heterocycles. The molecule has 3 aliphatic rings. The molecule has 1 aromatic heterocycles. The Hall–Kier alpha value is -4.05. The van der Waals surface area contributed by atoms with Gasteiger partial charge in [0.25, 0.3) is 0 Å². The van der Waals surface area contributed by atoms with Crippen LogP contribution in [0.5, 0.6) is 5.88 Å². The molecule has 1 amide bonds. The molecule has 3 aromatic rings. The number of hydrogen-bond acceptors (Lipinski definition) is 5. The minimum atomic E-state index is -1.41. The van der Waals surface area contributed by atoms with Crippen molar-refractivity contribution >= 4 is 11.6 Å². The maximum atomic E-state index is 14.6. The zero-order chi connectivity index (χ0) is 24.0. The zero-order valence-corrected chi connectivity index (χ0v) is 19.6. The van der Waals surface area contributed by atoms with Gasteiger partial charge in [-0.25, -0.2) is 4.68 Å². The van der Waals surface area contributed by atoms with Crippen LogP contribution in [0.25, 0.3) is 5.69 Å². The third-order valence-electron chi connectivity index (χ3n) is 7.49. The highest BCUT2D eigenvalue weighted by Crippen LogP contribution is 2.61. The number of anilines is 1. The molecule has 34 heavy (non-hydrogen) atoms. The third kappa shape index (κ3) is 2.25. The number of fused-ring (bicyclic) bond motifs is 3. The first-order valence-corrected chi connectivity index (χ1v) is 11.4. The van der Waals surface area contributed by atoms with Crippen LogP contribution in [-0.4, -0.2) is 21.2 Å². The summed E-state index contributed by atoms with van der Waals surface area (Å²) in [7, 11) is 0. The number of nitriles is 1. The van der Waals surface area contributed by atoms with E-state index in [1.165, 1.54) is 0 Å². The van der Waals surface area contributed by atoms with Crippen molar-refractivity contribution in [2.45, 2.75) is 51.0 Å². The fraction of sp³-hybridized carbons (Fsp3) is 0.296. The van der Waals surface area contributed by atoms with Gasteiger partial charge in [-0.2, -0.15) is 10.4 Å². The van der Waals surface area contributed by atoms with Crippen LogP contribution < -0.4 is 15.4 Å². The van der Waals surface area contributed by atoms with Crippen molar-refractivity contribution in [1.29, 1.82) is 5.26 Å². The molecule has 1 spiro atoms. The molecule has 0 radical (unpaired) electrons. The molecule has 0 bridgehead atoms. The van der Waals surface area contributed by atoms with Gasteiger partial charge in [0, 0.05) is 11.1 Å². The minimum Gasteiger partial charge on any atom is -0.422 e. The van der Waals surface area contributed by atoms with E-state index in [-0.39, 0.29) is 23.3 Å². The molecule has 2 N–H and O–H groups in total. The molecule has 170 valence electrons. The number of para-hydroxylation sites is 2. The van der Waals surface area contributed by atoms with E-state index in [1.807, 2.05) is 54.3 Å². The normalized spacial score (nSPS) is 24.0. The van der Waals surface area contributed by atoms with Crippen LogP contribution in [0.4, 0.5) is 5.69 Å². The number of benzene rings is 2. The maximum absolute atomic E-state index is 14.6. The SMILES string of the molecule is Cc1nn(-c2ccccc2)c2c1[C@@]1(C(=O)N3c4c(cccc41)[C@@H](C)CC3(C)C)C(C#N)=C(N)O2. The molecule has 7 heteroatoms.